The van der Waals surface area contributed by atoms with Gasteiger partial charge in [0.15, 0.2) is 0 Å². The number of ketones is 1. The Morgan fingerprint density at radius 2 is 2.00 bits per heavy atom. The molecule has 0 amide bonds. The molecule has 1 saturated heterocycles. The van der Waals surface area contributed by atoms with Crippen molar-refractivity contribution in [2.45, 2.75) is 38.6 Å². The molecular formula is C13H18N4O. The maximum Gasteiger partial charge on any atom is 0.136 e. The number of anilines is 2. The van der Waals surface area contributed by atoms with Crippen LogP contribution >= 0.6 is 0 Å². The smallest absolute Gasteiger partial charge is 0.136 e. The molecule has 2 fully saturated rings. The summed E-state index contributed by atoms with van der Waals surface area (Å²) in [6.07, 6.45) is 3.73. The van der Waals surface area contributed by atoms with Crippen molar-refractivity contribution in [3.8, 4) is 0 Å². The maximum atomic E-state index is 11.3. The molecule has 5 heteroatoms. The van der Waals surface area contributed by atoms with E-state index >= 15 is 0 Å². The van der Waals surface area contributed by atoms with E-state index in [2.05, 4.69) is 20.2 Å². The first-order valence-corrected chi connectivity index (χ1v) is 6.59. The van der Waals surface area contributed by atoms with E-state index < -0.39 is 0 Å². The van der Waals surface area contributed by atoms with Gasteiger partial charge in [-0.25, -0.2) is 9.97 Å². The van der Waals surface area contributed by atoms with Crippen molar-refractivity contribution in [1.82, 2.24) is 9.97 Å². The van der Waals surface area contributed by atoms with Gasteiger partial charge in [-0.05, 0) is 19.8 Å². The predicted molar refractivity (Wildman–Crippen MR) is 69.9 cm³/mol. The molecule has 96 valence electrons. The molecule has 0 bridgehead atoms. The fourth-order valence-electron chi connectivity index (χ4n) is 2.21. The molecule has 1 aliphatic heterocycles. The molecule has 1 aromatic heterocycles. The Balaban J connectivity index is 1.77. The second kappa shape index (κ2) is 4.55. The Kier molecular flexibility index (Phi) is 2.89. The summed E-state index contributed by atoms with van der Waals surface area (Å²) in [5.74, 6) is 3.00. The molecule has 18 heavy (non-hydrogen) atoms. The number of hydrogen-bond donors (Lipinski definition) is 1. The van der Waals surface area contributed by atoms with Gasteiger partial charge >= 0.3 is 0 Å². The number of aryl methyl sites for hydroxylation is 1. The number of aromatic nitrogens is 2. The van der Waals surface area contributed by atoms with Gasteiger partial charge in [0, 0.05) is 38.0 Å². The van der Waals surface area contributed by atoms with Gasteiger partial charge in [0.05, 0.1) is 0 Å². The molecule has 0 spiro atoms. The van der Waals surface area contributed by atoms with Crippen LogP contribution in [0.4, 0.5) is 11.6 Å². The summed E-state index contributed by atoms with van der Waals surface area (Å²) in [4.78, 5) is 22.3. The van der Waals surface area contributed by atoms with E-state index in [9.17, 15) is 4.79 Å². The van der Waals surface area contributed by atoms with Crippen molar-refractivity contribution < 1.29 is 4.79 Å². The summed E-state index contributed by atoms with van der Waals surface area (Å²) < 4.78 is 0. The first-order chi connectivity index (χ1) is 8.70. The van der Waals surface area contributed by atoms with Gasteiger partial charge in [-0.15, -0.1) is 0 Å². The number of nitrogens with one attached hydrogen (secondary N) is 1. The Morgan fingerprint density at radius 1 is 1.28 bits per heavy atom. The number of nitrogens with zero attached hydrogens (tertiary/aromatic N) is 3. The van der Waals surface area contributed by atoms with Crippen molar-refractivity contribution in [2.24, 2.45) is 0 Å². The third kappa shape index (κ3) is 2.60. The lowest BCUT2D eigenvalue weighted by molar-refractivity contribution is -0.119. The lowest BCUT2D eigenvalue weighted by Crippen LogP contribution is -2.34. The first-order valence-electron chi connectivity index (χ1n) is 6.59. The number of rotatable bonds is 3. The highest BCUT2D eigenvalue weighted by Gasteiger charge is 2.23. The maximum absolute atomic E-state index is 11.3. The topological polar surface area (TPSA) is 58.1 Å². The number of hydrogen-bond acceptors (Lipinski definition) is 5. The summed E-state index contributed by atoms with van der Waals surface area (Å²) in [5, 5.41) is 3.40. The molecule has 2 heterocycles. The summed E-state index contributed by atoms with van der Waals surface area (Å²) in [5.41, 5.74) is 0. The lowest BCUT2D eigenvalue weighted by atomic mass is 10.1. The van der Waals surface area contributed by atoms with Gasteiger partial charge in [0.25, 0.3) is 0 Å². The van der Waals surface area contributed by atoms with Crippen LogP contribution in [0.15, 0.2) is 6.07 Å². The molecule has 3 rings (SSSR count). The zero-order chi connectivity index (χ0) is 12.5. The van der Waals surface area contributed by atoms with Crippen LogP contribution in [0.3, 0.4) is 0 Å². The van der Waals surface area contributed by atoms with Crippen LogP contribution in [0.5, 0.6) is 0 Å². The summed E-state index contributed by atoms with van der Waals surface area (Å²) >= 11 is 0. The Morgan fingerprint density at radius 3 is 2.67 bits per heavy atom. The molecule has 5 nitrogen and oxygen atoms in total. The number of carbonyl (C=O) groups is 1. The average molecular weight is 246 g/mol. The highest BCUT2D eigenvalue weighted by molar-refractivity contribution is 5.80. The minimum absolute atomic E-state index is 0.355. The van der Waals surface area contributed by atoms with Gasteiger partial charge in [-0.2, -0.15) is 0 Å². The van der Waals surface area contributed by atoms with Gasteiger partial charge < -0.3 is 10.2 Å². The SMILES string of the molecule is Cc1nc(NC2CC2)cc(N2CCC(=O)CC2)n1. The van der Waals surface area contributed by atoms with Crippen LogP contribution < -0.4 is 10.2 Å². The largest absolute Gasteiger partial charge is 0.367 e. The molecule has 0 atom stereocenters. The molecule has 1 aromatic rings. The quantitative estimate of drug-likeness (QED) is 0.876. The van der Waals surface area contributed by atoms with Crippen molar-refractivity contribution in [3.63, 3.8) is 0 Å². The minimum atomic E-state index is 0.355. The van der Waals surface area contributed by atoms with Crippen LogP contribution in [-0.4, -0.2) is 34.9 Å². The van der Waals surface area contributed by atoms with Crippen molar-refractivity contribution >= 4 is 17.4 Å². The van der Waals surface area contributed by atoms with E-state index in [1.807, 2.05) is 13.0 Å². The number of piperidine rings is 1. The summed E-state index contributed by atoms with van der Waals surface area (Å²) in [7, 11) is 0. The Labute approximate surface area is 107 Å². The third-order valence-corrected chi connectivity index (χ3v) is 3.40. The molecule has 1 aliphatic carbocycles. The zero-order valence-corrected chi connectivity index (χ0v) is 10.6. The second-order valence-corrected chi connectivity index (χ2v) is 5.10. The van der Waals surface area contributed by atoms with Crippen molar-refractivity contribution in [1.29, 1.82) is 0 Å². The van der Waals surface area contributed by atoms with Gasteiger partial charge in [0.1, 0.15) is 23.2 Å². The third-order valence-electron chi connectivity index (χ3n) is 3.40. The predicted octanol–water partition coefficient (Wildman–Crippen LogP) is 1.53. The summed E-state index contributed by atoms with van der Waals surface area (Å²) in [6.45, 7) is 3.47. The van der Waals surface area contributed by atoms with Crippen molar-refractivity contribution in [2.75, 3.05) is 23.3 Å². The zero-order valence-electron chi connectivity index (χ0n) is 10.6. The van der Waals surface area contributed by atoms with Crippen LogP contribution in [-0.2, 0) is 4.79 Å². The molecule has 0 unspecified atom stereocenters. The molecule has 1 saturated carbocycles. The van der Waals surface area contributed by atoms with Gasteiger partial charge in [0.2, 0.25) is 0 Å². The van der Waals surface area contributed by atoms with Crippen molar-refractivity contribution in [3.05, 3.63) is 11.9 Å². The number of carbonyl (C=O) groups excluding carboxylic acids is 1. The van der Waals surface area contributed by atoms with Gasteiger partial charge in [-0.1, -0.05) is 0 Å². The first kappa shape index (κ1) is 11.4. The lowest BCUT2D eigenvalue weighted by Gasteiger charge is -2.27. The molecule has 0 aromatic carbocycles. The van der Waals surface area contributed by atoms with E-state index in [1.165, 1.54) is 12.8 Å². The molecular weight excluding hydrogens is 228 g/mol. The Hall–Kier alpha value is -1.65. The second-order valence-electron chi connectivity index (χ2n) is 5.10. The summed E-state index contributed by atoms with van der Waals surface area (Å²) in [6, 6.07) is 2.59. The van der Waals surface area contributed by atoms with E-state index in [0.29, 0.717) is 24.7 Å². The van der Waals surface area contributed by atoms with Crippen LogP contribution in [0, 0.1) is 6.92 Å². The fourth-order valence-corrected chi connectivity index (χ4v) is 2.21. The normalized spacial score (nSPS) is 20.1. The van der Waals surface area contributed by atoms with Gasteiger partial charge in [-0.3, -0.25) is 4.79 Å². The van der Waals surface area contributed by atoms with Crippen LogP contribution in [0.1, 0.15) is 31.5 Å². The standard InChI is InChI=1S/C13H18N4O/c1-9-14-12(16-10-2-3-10)8-13(15-9)17-6-4-11(18)5-7-17/h8,10H,2-7H2,1H3,(H,14,15,16). The Bertz CT molecular complexity index is 460. The molecule has 1 N–H and O–H groups in total. The molecule has 2 aliphatic rings. The van der Waals surface area contributed by atoms with E-state index in [4.69, 9.17) is 0 Å². The van der Waals surface area contributed by atoms with Crippen LogP contribution in [0.25, 0.3) is 0 Å². The minimum Gasteiger partial charge on any atom is -0.367 e. The number of Topliss-reactive ketones (excluding diaryl/α,β-unsaturated/α-hetero) is 1. The van der Waals surface area contributed by atoms with E-state index in [0.717, 1.165) is 30.5 Å². The van der Waals surface area contributed by atoms with E-state index in [-0.39, 0.29) is 0 Å². The highest BCUT2D eigenvalue weighted by Crippen LogP contribution is 2.26. The monoisotopic (exact) mass is 246 g/mol. The molecule has 0 radical (unpaired) electrons. The van der Waals surface area contributed by atoms with E-state index in [1.54, 1.807) is 0 Å². The fraction of sp³-hybridized carbons (Fsp3) is 0.615. The highest BCUT2D eigenvalue weighted by atomic mass is 16.1. The average Bonchev–Trinajstić information content (AvgIpc) is 3.13. The van der Waals surface area contributed by atoms with Crippen LogP contribution in [0.2, 0.25) is 0 Å².